The second-order valence-electron chi connectivity index (χ2n) is 6.02. The summed E-state index contributed by atoms with van der Waals surface area (Å²) in [5, 5.41) is 7.85. The summed E-state index contributed by atoms with van der Waals surface area (Å²) in [4.78, 5) is 16.9. The smallest absolute Gasteiger partial charge is 0.368 e. The maximum Gasteiger partial charge on any atom is 0.416 e. The Bertz CT molecular complexity index is 792. The lowest BCUT2D eigenvalue weighted by molar-refractivity contribution is -0.140. The SMILES string of the molecule is COC1(C(=O)Nc2nc(-c3cccc(C(F)(F)F)c3)cs2)CCNCC1.Cl. The molecule has 0 spiro atoms. The summed E-state index contributed by atoms with van der Waals surface area (Å²) >= 11 is 1.16. The zero-order valence-electron chi connectivity index (χ0n) is 14.4. The number of rotatable bonds is 4. The van der Waals surface area contributed by atoms with E-state index < -0.39 is 17.3 Å². The van der Waals surface area contributed by atoms with E-state index in [1.807, 2.05) is 0 Å². The van der Waals surface area contributed by atoms with E-state index in [0.29, 0.717) is 42.3 Å². The molecule has 2 N–H and O–H groups in total. The van der Waals surface area contributed by atoms with Crippen molar-refractivity contribution in [1.82, 2.24) is 10.3 Å². The van der Waals surface area contributed by atoms with Gasteiger partial charge < -0.3 is 10.1 Å². The third kappa shape index (κ3) is 4.78. The maximum absolute atomic E-state index is 12.9. The molecule has 1 aromatic heterocycles. The van der Waals surface area contributed by atoms with Crippen LogP contribution in [0.5, 0.6) is 0 Å². The van der Waals surface area contributed by atoms with Crippen LogP contribution in [0.25, 0.3) is 11.3 Å². The summed E-state index contributed by atoms with van der Waals surface area (Å²) in [6, 6.07) is 4.95. The first kappa shape index (κ1) is 21.6. The molecule has 1 aliphatic rings. The van der Waals surface area contributed by atoms with Crippen molar-refractivity contribution in [3.63, 3.8) is 0 Å². The largest absolute Gasteiger partial charge is 0.416 e. The molecular formula is C17H19ClF3N3O2S. The fourth-order valence-electron chi connectivity index (χ4n) is 2.88. The van der Waals surface area contributed by atoms with Gasteiger partial charge in [-0.15, -0.1) is 23.7 Å². The molecule has 0 bridgehead atoms. The molecule has 0 saturated carbocycles. The number of halogens is 4. The van der Waals surface area contributed by atoms with Crippen LogP contribution in [0.4, 0.5) is 18.3 Å². The number of nitrogens with one attached hydrogen (secondary N) is 2. The Morgan fingerprint density at radius 1 is 1.33 bits per heavy atom. The van der Waals surface area contributed by atoms with Gasteiger partial charge in [-0.1, -0.05) is 12.1 Å². The van der Waals surface area contributed by atoms with Gasteiger partial charge in [0, 0.05) is 18.1 Å². The molecule has 1 fully saturated rings. The van der Waals surface area contributed by atoms with Gasteiger partial charge in [0.25, 0.3) is 5.91 Å². The van der Waals surface area contributed by atoms with Crippen LogP contribution >= 0.6 is 23.7 Å². The quantitative estimate of drug-likeness (QED) is 0.784. The average Bonchev–Trinajstić information content (AvgIpc) is 3.10. The number of anilines is 1. The van der Waals surface area contributed by atoms with Gasteiger partial charge in [-0.05, 0) is 38.1 Å². The number of hydrogen-bond acceptors (Lipinski definition) is 5. The summed E-state index contributed by atoms with van der Waals surface area (Å²) in [7, 11) is 1.50. The second-order valence-corrected chi connectivity index (χ2v) is 6.88. The number of alkyl halides is 3. The van der Waals surface area contributed by atoms with Gasteiger partial charge in [-0.3, -0.25) is 10.1 Å². The minimum atomic E-state index is -4.41. The number of aromatic nitrogens is 1. The van der Waals surface area contributed by atoms with Gasteiger partial charge in [-0.25, -0.2) is 4.98 Å². The monoisotopic (exact) mass is 421 g/mol. The van der Waals surface area contributed by atoms with E-state index in [1.165, 1.54) is 13.2 Å². The summed E-state index contributed by atoms with van der Waals surface area (Å²) in [6.45, 7) is 1.35. The molecule has 0 radical (unpaired) electrons. The number of hydrogen-bond donors (Lipinski definition) is 2. The molecule has 0 atom stereocenters. The van der Waals surface area contributed by atoms with Crippen LogP contribution in [-0.4, -0.2) is 36.7 Å². The zero-order valence-corrected chi connectivity index (χ0v) is 16.1. The van der Waals surface area contributed by atoms with Crippen LogP contribution in [-0.2, 0) is 15.7 Å². The highest BCUT2D eigenvalue weighted by molar-refractivity contribution is 7.14. The van der Waals surface area contributed by atoms with E-state index in [1.54, 1.807) is 11.4 Å². The van der Waals surface area contributed by atoms with E-state index in [2.05, 4.69) is 15.6 Å². The summed E-state index contributed by atoms with van der Waals surface area (Å²) in [5.41, 5.74) is -0.914. The molecule has 2 heterocycles. The third-order valence-electron chi connectivity index (χ3n) is 4.43. The summed E-state index contributed by atoms with van der Waals surface area (Å²) in [5.74, 6) is -0.286. The Hall–Kier alpha value is -1.68. The fraction of sp³-hybridized carbons (Fsp3) is 0.412. The van der Waals surface area contributed by atoms with Gasteiger partial charge >= 0.3 is 6.18 Å². The number of amides is 1. The van der Waals surface area contributed by atoms with Gasteiger partial charge in [0.1, 0.15) is 5.60 Å². The molecule has 1 aliphatic heterocycles. The highest BCUT2D eigenvalue weighted by atomic mass is 35.5. The molecular weight excluding hydrogens is 403 g/mol. The van der Waals surface area contributed by atoms with Crippen molar-refractivity contribution in [2.75, 3.05) is 25.5 Å². The van der Waals surface area contributed by atoms with Gasteiger partial charge in [0.05, 0.1) is 11.3 Å². The topological polar surface area (TPSA) is 63.2 Å². The Kier molecular flexibility index (Phi) is 6.85. The first-order valence-electron chi connectivity index (χ1n) is 8.04. The number of carbonyl (C=O) groups is 1. The normalized spacial score (nSPS) is 16.4. The summed E-state index contributed by atoms with van der Waals surface area (Å²) < 4.78 is 44.0. The molecule has 148 valence electrons. The van der Waals surface area contributed by atoms with Crippen molar-refractivity contribution in [3.8, 4) is 11.3 Å². The molecule has 0 unspecified atom stereocenters. The standard InChI is InChI=1S/C17H18F3N3O2S.ClH/c1-25-16(5-7-21-8-6-16)14(24)23-15-22-13(10-26-15)11-3-2-4-12(9-11)17(18,19)20;/h2-4,9-10,21H,5-8H2,1H3,(H,22,23,24);1H. The first-order valence-corrected chi connectivity index (χ1v) is 8.92. The number of benzene rings is 1. The molecule has 1 saturated heterocycles. The molecule has 10 heteroatoms. The van der Waals surface area contributed by atoms with Crippen LogP contribution < -0.4 is 10.6 Å². The van der Waals surface area contributed by atoms with Crippen molar-refractivity contribution >= 4 is 34.8 Å². The number of ether oxygens (including phenoxy) is 1. The predicted octanol–water partition coefficient (Wildman–Crippen LogP) is 3.96. The van der Waals surface area contributed by atoms with E-state index >= 15 is 0 Å². The Labute approximate surface area is 164 Å². The maximum atomic E-state index is 12.9. The van der Waals surface area contributed by atoms with Gasteiger partial charge in [0.15, 0.2) is 5.13 Å². The van der Waals surface area contributed by atoms with Crippen molar-refractivity contribution in [3.05, 3.63) is 35.2 Å². The lowest BCUT2D eigenvalue weighted by Crippen LogP contribution is -2.51. The van der Waals surface area contributed by atoms with E-state index in [-0.39, 0.29) is 18.3 Å². The Morgan fingerprint density at radius 3 is 2.67 bits per heavy atom. The molecule has 27 heavy (non-hydrogen) atoms. The number of carbonyl (C=O) groups excluding carboxylic acids is 1. The molecule has 5 nitrogen and oxygen atoms in total. The number of nitrogens with zero attached hydrogens (tertiary/aromatic N) is 1. The highest BCUT2D eigenvalue weighted by Gasteiger charge is 2.40. The number of piperidine rings is 1. The minimum absolute atomic E-state index is 0. The van der Waals surface area contributed by atoms with Crippen molar-refractivity contribution in [2.45, 2.75) is 24.6 Å². The molecule has 0 aliphatic carbocycles. The van der Waals surface area contributed by atoms with Crippen LogP contribution in [0, 0.1) is 0 Å². The lowest BCUT2D eigenvalue weighted by atomic mass is 9.91. The number of methoxy groups -OCH3 is 1. The van der Waals surface area contributed by atoms with E-state index in [4.69, 9.17) is 4.74 Å². The molecule has 2 aromatic rings. The van der Waals surface area contributed by atoms with E-state index in [0.717, 1.165) is 23.5 Å². The number of thiazole rings is 1. The summed E-state index contributed by atoms with van der Waals surface area (Å²) in [6.07, 6.45) is -3.33. The van der Waals surface area contributed by atoms with Crippen molar-refractivity contribution in [1.29, 1.82) is 0 Å². The second kappa shape index (κ2) is 8.55. The Balaban J connectivity index is 0.00000261. The zero-order chi connectivity index (χ0) is 18.8. The van der Waals surface area contributed by atoms with Gasteiger partial charge in [-0.2, -0.15) is 13.2 Å². The molecule has 1 amide bonds. The first-order chi connectivity index (χ1) is 12.3. The third-order valence-corrected chi connectivity index (χ3v) is 5.18. The van der Waals surface area contributed by atoms with Gasteiger partial charge in [0.2, 0.25) is 0 Å². The molecule has 1 aromatic carbocycles. The van der Waals surface area contributed by atoms with Crippen LogP contribution in [0.15, 0.2) is 29.6 Å². The van der Waals surface area contributed by atoms with Crippen LogP contribution in [0.1, 0.15) is 18.4 Å². The van der Waals surface area contributed by atoms with Crippen LogP contribution in [0.2, 0.25) is 0 Å². The lowest BCUT2D eigenvalue weighted by Gasteiger charge is -2.34. The predicted molar refractivity (Wildman–Crippen MR) is 100 cm³/mol. The van der Waals surface area contributed by atoms with Crippen LogP contribution in [0.3, 0.4) is 0 Å². The van der Waals surface area contributed by atoms with E-state index in [9.17, 15) is 18.0 Å². The fourth-order valence-corrected chi connectivity index (χ4v) is 3.60. The van der Waals surface area contributed by atoms with Crippen molar-refractivity contribution in [2.24, 2.45) is 0 Å². The highest BCUT2D eigenvalue weighted by Crippen LogP contribution is 2.33. The minimum Gasteiger partial charge on any atom is -0.368 e. The van der Waals surface area contributed by atoms with Crippen molar-refractivity contribution < 1.29 is 22.7 Å². The average molecular weight is 422 g/mol. The Morgan fingerprint density at radius 2 is 2.04 bits per heavy atom. The molecule has 3 rings (SSSR count).